The van der Waals surface area contributed by atoms with Gasteiger partial charge < -0.3 is 10.1 Å². The van der Waals surface area contributed by atoms with Crippen molar-refractivity contribution >= 4 is 23.8 Å². The van der Waals surface area contributed by atoms with Crippen LogP contribution in [0.25, 0.3) is 17.1 Å². The summed E-state index contributed by atoms with van der Waals surface area (Å²) in [6, 6.07) is 13.9. The predicted molar refractivity (Wildman–Crippen MR) is 111 cm³/mol. The highest BCUT2D eigenvalue weighted by atomic mass is 35.5. The number of nitrogens with one attached hydrogen (secondary N) is 1. The zero-order valence-electron chi connectivity index (χ0n) is 16.1. The molecule has 0 fully saturated rings. The first kappa shape index (κ1) is 20.5. The van der Waals surface area contributed by atoms with Gasteiger partial charge in [0.2, 0.25) is 5.91 Å². The largest absolute Gasteiger partial charge is 0.352 e. The molecule has 0 aliphatic rings. The van der Waals surface area contributed by atoms with Gasteiger partial charge in [-0.15, -0.1) is 5.10 Å². The number of aromatic nitrogens is 3. The van der Waals surface area contributed by atoms with Crippen molar-refractivity contribution < 1.29 is 9.59 Å². The molecule has 0 atom stereocenters. The third-order valence-corrected chi connectivity index (χ3v) is 4.43. The monoisotopic (exact) mass is 412 g/mol. The Bertz CT molecular complexity index is 1080. The van der Waals surface area contributed by atoms with Crippen molar-refractivity contribution in [3.8, 4) is 17.1 Å². The van der Waals surface area contributed by atoms with Crippen LogP contribution in [0.15, 0.2) is 53.3 Å². The second-order valence-electron chi connectivity index (χ2n) is 6.87. The average molecular weight is 413 g/mol. The summed E-state index contributed by atoms with van der Waals surface area (Å²) in [6.45, 7) is 3.54. The lowest BCUT2D eigenvalue weighted by Crippen LogP contribution is -2.36. The molecule has 1 aromatic heterocycles. The molecule has 0 saturated carbocycles. The van der Waals surface area contributed by atoms with Crippen molar-refractivity contribution in [1.29, 1.82) is 0 Å². The quantitative estimate of drug-likeness (QED) is 0.604. The van der Waals surface area contributed by atoms with Crippen LogP contribution in [0.2, 0.25) is 5.02 Å². The first-order valence-corrected chi connectivity index (χ1v) is 9.55. The van der Waals surface area contributed by atoms with E-state index in [0.29, 0.717) is 28.5 Å². The van der Waals surface area contributed by atoms with Gasteiger partial charge in [0.25, 0.3) is 0 Å². The fourth-order valence-electron chi connectivity index (χ4n) is 2.93. The Kier molecular flexibility index (Phi) is 6.29. The van der Waals surface area contributed by atoms with Gasteiger partial charge in [0.05, 0.1) is 5.69 Å². The Balaban J connectivity index is 2.08. The Labute approximate surface area is 172 Å². The lowest BCUT2D eigenvalue weighted by Gasteiger charge is -2.09. The Morgan fingerprint density at radius 1 is 1.21 bits per heavy atom. The van der Waals surface area contributed by atoms with E-state index in [1.54, 1.807) is 48.5 Å². The second kappa shape index (κ2) is 8.87. The molecule has 150 valence electrons. The van der Waals surface area contributed by atoms with Crippen LogP contribution in [-0.2, 0) is 22.6 Å². The molecule has 0 unspecified atom stereocenters. The highest BCUT2D eigenvalue weighted by Gasteiger charge is 2.19. The highest BCUT2D eigenvalue weighted by Crippen LogP contribution is 2.21. The maximum atomic E-state index is 13.1. The Hall–Kier alpha value is -3.19. The van der Waals surface area contributed by atoms with Crippen LogP contribution in [0.4, 0.5) is 0 Å². The van der Waals surface area contributed by atoms with Crippen LogP contribution in [0, 0.1) is 0 Å². The van der Waals surface area contributed by atoms with Gasteiger partial charge in [0.15, 0.2) is 5.82 Å². The third kappa shape index (κ3) is 4.81. The Morgan fingerprint density at radius 3 is 2.55 bits per heavy atom. The van der Waals surface area contributed by atoms with Crippen LogP contribution >= 0.6 is 11.6 Å². The molecule has 0 spiro atoms. The van der Waals surface area contributed by atoms with Crippen molar-refractivity contribution in [3.63, 3.8) is 0 Å². The van der Waals surface area contributed by atoms with Gasteiger partial charge in [-0.3, -0.25) is 9.36 Å². The molecule has 3 aromatic rings. The number of aldehydes is 1. The molecule has 3 rings (SSSR count). The fraction of sp³-hybridized carbons (Fsp3) is 0.238. The number of amides is 1. The van der Waals surface area contributed by atoms with Crippen molar-refractivity contribution in [2.75, 3.05) is 0 Å². The minimum atomic E-state index is -0.443. The molecular formula is C21H21ClN4O3. The summed E-state index contributed by atoms with van der Waals surface area (Å²) < 4.78 is 2.56. The van der Waals surface area contributed by atoms with Gasteiger partial charge in [-0.1, -0.05) is 35.9 Å². The molecule has 7 nitrogen and oxygen atoms in total. The van der Waals surface area contributed by atoms with Crippen LogP contribution in [0.1, 0.15) is 19.4 Å². The lowest BCUT2D eigenvalue weighted by molar-refractivity contribution is -0.122. The molecular weight excluding hydrogens is 392 g/mol. The molecule has 0 radical (unpaired) electrons. The molecule has 1 N–H and O–H groups in total. The summed E-state index contributed by atoms with van der Waals surface area (Å²) in [4.78, 5) is 36.1. The average Bonchev–Trinajstić information content (AvgIpc) is 2.98. The standard InChI is InChI=1S/C21H21ClN4O3/c1-14(2)23-19(28)13-25-20(16-4-3-5-17(22)12-16)24-26(21(25)29)18-8-6-15(7-9-18)10-11-27/h3-9,11-12,14H,10,13H2,1-2H3,(H,23,28). The first-order valence-electron chi connectivity index (χ1n) is 9.17. The molecule has 1 amide bonds. The topological polar surface area (TPSA) is 86.0 Å². The number of halogens is 1. The molecule has 0 saturated heterocycles. The molecule has 0 aliphatic carbocycles. The molecule has 0 aliphatic heterocycles. The van der Waals surface area contributed by atoms with E-state index in [1.807, 2.05) is 13.8 Å². The predicted octanol–water partition coefficient (Wildman–Crippen LogP) is 2.62. The van der Waals surface area contributed by atoms with Crippen molar-refractivity contribution in [3.05, 3.63) is 69.6 Å². The summed E-state index contributed by atoms with van der Waals surface area (Å²) in [7, 11) is 0. The SMILES string of the molecule is CC(C)NC(=O)Cn1c(-c2cccc(Cl)c2)nn(-c2ccc(CC=O)cc2)c1=O. The third-order valence-electron chi connectivity index (χ3n) is 4.20. The van der Waals surface area contributed by atoms with Crippen molar-refractivity contribution in [2.45, 2.75) is 32.9 Å². The minimum Gasteiger partial charge on any atom is -0.352 e. The first-order chi connectivity index (χ1) is 13.9. The Morgan fingerprint density at radius 2 is 1.93 bits per heavy atom. The van der Waals surface area contributed by atoms with Gasteiger partial charge in [0.1, 0.15) is 12.8 Å². The van der Waals surface area contributed by atoms with E-state index in [2.05, 4.69) is 10.4 Å². The summed E-state index contributed by atoms with van der Waals surface area (Å²) in [5.74, 6) is 0.0552. The number of carbonyl (C=O) groups is 2. The number of benzene rings is 2. The summed E-state index contributed by atoms with van der Waals surface area (Å²) >= 11 is 6.10. The fourth-order valence-corrected chi connectivity index (χ4v) is 3.12. The molecule has 29 heavy (non-hydrogen) atoms. The van der Waals surface area contributed by atoms with Gasteiger partial charge in [-0.25, -0.2) is 4.79 Å². The number of rotatable bonds is 7. The highest BCUT2D eigenvalue weighted by molar-refractivity contribution is 6.30. The molecule has 1 heterocycles. The van der Waals surface area contributed by atoms with E-state index in [-0.39, 0.29) is 18.5 Å². The zero-order valence-corrected chi connectivity index (χ0v) is 16.9. The van der Waals surface area contributed by atoms with Crippen LogP contribution < -0.4 is 11.0 Å². The number of hydrogen-bond acceptors (Lipinski definition) is 4. The second-order valence-corrected chi connectivity index (χ2v) is 7.31. The van der Waals surface area contributed by atoms with E-state index in [4.69, 9.17) is 11.6 Å². The van der Waals surface area contributed by atoms with E-state index in [9.17, 15) is 14.4 Å². The summed E-state index contributed by atoms with van der Waals surface area (Å²) in [5.41, 5.74) is 1.56. The van der Waals surface area contributed by atoms with Crippen molar-refractivity contribution in [2.24, 2.45) is 0 Å². The maximum absolute atomic E-state index is 13.1. The van der Waals surface area contributed by atoms with Crippen LogP contribution in [-0.4, -0.2) is 32.6 Å². The van der Waals surface area contributed by atoms with Gasteiger partial charge in [0, 0.05) is 23.0 Å². The zero-order chi connectivity index (χ0) is 21.0. The van der Waals surface area contributed by atoms with E-state index >= 15 is 0 Å². The lowest BCUT2D eigenvalue weighted by atomic mass is 10.1. The summed E-state index contributed by atoms with van der Waals surface area (Å²) in [6.07, 6.45) is 1.12. The minimum absolute atomic E-state index is 0.0479. The molecule has 0 bridgehead atoms. The van der Waals surface area contributed by atoms with Gasteiger partial charge in [-0.05, 0) is 43.7 Å². The van der Waals surface area contributed by atoms with Crippen LogP contribution in [0.5, 0.6) is 0 Å². The molecule has 8 heteroatoms. The van der Waals surface area contributed by atoms with Gasteiger partial charge >= 0.3 is 5.69 Å². The number of carbonyl (C=O) groups excluding carboxylic acids is 2. The normalized spacial score (nSPS) is 10.9. The van der Waals surface area contributed by atoms with Crippen molar-refractivity contribution in [1.82, 2.24) is 19.7 Å². The number of nitrogens with zero attached hydrogens (tertiary/aromatic N) is 3. The van der Waals surface area contributed by atoms with Gasteiger partial charge in [-0.2, -0.15) is 4.68 Å². The smallest absolute Gasteiger partial charge is 0.351 e. The maximum Gasteiger partial charge on any atom is 0.351 e. The summed E-state index contributed by atoms with van der Waals surface area (Å²) in [5, 5.41) is 7.74. The van der Waals surface area contributed by atoms with Crippen LogP contribution in [0.3, 0.4) is 0 Å². The number of hydrogen-bond donors (Lipinski definition) is 1. The molecule has 2 aromatic carbocycles. The van der Waals surface area contributed by atoms with E-state index in [0.717, 1.165) is 11.8 Å². The van der Waals surface area contributed by atoms with E-state index < -0.39 is 5.69 Å². The van der Waals surface area contributed by atoms with E-state index in [1.165, 1.54) is 9.25 Å².